The van der Waals surface area contributed by atoms with Crippen molar-refractivity contribution in [2.75, 3.05) is 11.9 Å². The van der Waals surface area contributed by atoms with Gasteiger partial charge < -0.3 is 4.90 Å². The summed E-state index contributed by atoms with van der Waals surface area (Å²) in [7, 11) is 2.07. The van der Waals surface area contributed by atoms with Gasteiger partial charge in [-0.25, -0.2) is 0 Å². The maximum Gasteiger partial charge on any atom is 0.0468 e. The smallest absolute Gasteiger partial charge is 0.0468 e. The number of anilines is 2. The zero-order chi connectivity index (χ0) is 10.7. The van der Waals surface area contributed by atoms with Gasteiger partial charge in [-0.1, -0.05) is 18.2 Å². The number of rotatable bonds is 2. The topological polar surface area (TPSA) is 16.1 Å². The van der Waals surface area contributed by atoms with E-state index in [2.05, 4.69) is 36.0 Å². The lowest BCUT2D eigenvalue weighted by Gasteiger charge is -2.20. The predicted molar refractivity (Wildman–Crippen MR) is 63.5 cm³/mol. The van der Waals surface area contributed by atoms with Crippen molar-refractivity contribution in [2.24, 2.45) is 0 Å². The largest absolute Gasteiger partial charge is 0.344 e. The van der Waals surface area contributed by atoms with Crippen molar-refractivity contribution in [2.45, 2.75) is 6.92 Å². The first kappa shape index (κ1) is 9.71. The fraction of sp³-hybridized carbons (Fsp3) is 0.154. The molecule has 0 saturated carbocycles. The van der Waals surface area contributed by atoms with Gasteiger partial charge in [-0.2, -0.15) is 0 Å². The van der Waals surface area contributed by atoms with Crippen molar-refractivity contribution < 1.29 is 0 Å². The third-order valence-corrected chi connectivity index (χ3v) is 2.50. The lowest BCUT2D eigenvalue weighted by Crippen LogP contribution is -2.10. The number of hydrogen-bond donors (Lipinski definition) is 0. The molecule has 0 radical (unpaired) electrons. The lowest BCUT2D eigenvalue weighted by molar-refractivity contribution is 1.15. The molecule has 0 atom stereocenters. The van der Waals surface area contributed by atoms with Gasteiger partial charge in [0.05, 0.1) is 0 Å². The molecule has 0 aliphatic carbocycles. The first-order valence-corrected chi connectivity index (χ1v) is 4.98. The Morgan fingerprint density at radius 2 is 1.80 bits per heavy atom. The number of aryl methyl sites for hydroxylation is 1. The van der Waals surface area contributed by atoms with E-state index in [1.54, 1.807) is 0 Å². The Kier molecular flexibility index (Phi) is 2.68. The van der Waals surface area contributed by atoms with Crippen LogP contribution in [0.3, 0.4) is 0 Å². The summed E-state index contributed by atoms with van der Waals surface area (Å²) in [5.41, 5.74) is 3.56. The van der Waals surface area contributed by atoms with Gasteiger partial charge in [0.15, 0.2) is 0 Å². The second-order valence-electron chi connectivity index (χ2n) is 3.56. The molecule has 76 valence electrons. The Morgan fingerprint density at radius 3 is 2.47 bits per heavy atom. The first-order chi connectivity index (χ1) is 7.29. The average Bonchev–Trinajstić information content (AvgIpc) is 2.30. The molecule has 15 heavy (non-hydrogen) atoms. The van der Waals surface area contributed by atoms with Crippen LogP contribution >= 0.6 is 0 Å². The number of para-hydroxylation sites is 1. The number of pyridine rings is 1. The molecule has 0 aliphatic rings. The van der Waals surface area contributed by atoms with Gasteiger partial charge in [0.25, 0.3) is 0 Å². The Hall–Kier alpha value is -1.83. The van der Waals surface area contributed by atoms with Crippen LogP contribution in [0.5, 0.6) is 0 Å². The normalized spacial score (nSPS) is 10.0. The standard InChI is InChI=1S/C13H14N2/c1-11-10-14-9-8-13(11)15(2)12-6-4-3-5-7-12/h3-10H,1-2H3. The van der Waals surface area contributed by atoms with E-state index < -0.39 is 0 Å². The molecule has 0 unspecified atom stereocenters. The Labute approximate surface area is 90.2 Å². The summed E-state index contributed by atoms with van der Waals surface area (Å²) in [5, 5.41) is 0. The zero-order valence-electron chi connectivity index (χ0n) is 9.01. The Balaban J connectivity index is 2.37. The van der Waals surface area contributed by atoms with Crippen molar-refractivity contribution in [3.63, 3.8) is 0 Å². The van der Waals surface area contributed by atoms with Crippen molar-refractivity contribution in [1.29, 1.82) is 0 Å². The van der Waals surface area contributed by atoms with Gasteiger partial charge in [0.2, 0.25) is 0 Å². The van der Waals surface area contributed by atoms with E-state index in [1.807, 2.05) is 36.7 Å². The molecule has 2 aromatic rings. The molecule has 0 bridgehead atoms. The van der Waals surface area contributed by atoms with Crippen LogP contribution in [0, 0.1) is 6.92 Å². The third kappa shape index (κ3) is 1.99. The number of hydrogen-bond acceptors (Lipinski definition) is 2. The maximum atomic E-state index is 4.09. The highest BCUT2D eigenvalue weighted by Crippen LogP contribution is 2.24. The quantitative estimate of drug-likeness (QED) is 0.736. The van der Waals surface area contributed by atoms with Crippen LogP contribution in [0.25, 0.3) is 0 Å². The summed E-state index contributed by atoms with van der Waals surface area (Å²) < 4.78 is 0. The second-order valence-corrected chi connectivity index (χ2v) is 3.56. The van der Waals surface area contributed by atoms with Crippen LogP contribution in [0.4, 0.5) is 11.4 Å². The van der Waals surface area contributed by atoms with Gasteiger partial charge in [0.1, 0.15) is 0 Å². The molecule has 2 rings (SSSR count). The van der Waals surface area contributed by atoms with Crippen molar-refractivity contribution in [3.05, 3.63) is 54.4 Å². The molecule has 0 spiro atoms. The predicted octanol–water partition coefficient (Wildman–Crippen LogP) is 3.16. The second kappa shape index (κ2) is 4.13. The van der Waals surface area contributed by atoms with Crippen LogP contribution in [0.2, 0.25) is 0 Å². The zero-order valence-corrected chi connectivity index (χ0v) is 9.01. The van der Waals surface area contributed by atoms with E-state index in [-0.39, 0.29) is 0 Å². The summed E-state index contributed by atoms with van der Waals surface area (Å²) in [4.78, 5) is 6.26. The summed E-state index contributed by atoms with van der Waals surface area (Å²) >= 11 is 0. The fourth-order valence-electron chi connectivity index (χ4n) is 1.63. The molecule has 0 N–H and O–H groups in total. The van der Waals surface area contributed by atoms with Crippen LogP contribution < -0.4 is 4.90 Å². The van der Waals surface area contributed by atoms with E-state index in [4.69, 9.17) is 0 Å². The van der Waals surface area contributed by atoms with Gasteiger partial charge in [-0.3, -0.25) is 4.98 Å². The first-order valence-electron chi connectivity index (χ1n) is 4.98. The average molecular weight is 198 g/mol. The number of aromatic nitrogens is 1. The van der Waals surface area contributed by atoms with Crippen LogP contribution in [-0.4, -0.2) is 12.0 Å². The van der Waals surface area contributed by atoms with Crippen LogP contribution in [-0.2, 0) is 0 Å². The molecule has 2 nitrogen and oxygen atoms in total. The van der Waals surface area contributed by atoms with E-state index in [0.29, 0.717) is 0 Å². The fourth-order valence-corrected chi connectivity index (χ4v) is 1.63. The van der Waals surface area contributed by atoms with Crippen molar-refractivity contribution in [3.8, 4) is 0 Å². The van der Waals surface area contributed by atoms with Gasteiger partial charge in [-0.05, 0) is 30.7 Å². The van der Waals surface area contributed by atoms with E-state index in [9.17, 15) is 0 Å². The minimum Gasteiger partial charge on any atom is -0.344 e. The van der Waals surface area contributed by atoms with Crippen molar-refractivity contribution in [1.82, 2.24) is 4.98 Å². The number of benzene rings is 1. The Morgan fingerprint density at radius 1 is 1.07 bits per heavy atom. The van der Waals surface area contributed by atoms with E-state index >= 15 is 0 Å². The molecular weight excluding hydrogens is 184 g/mol. The number of nitrogens with zero attached hydrogens (tertiary/aromatic N) is 2. The highest BCUT2D eigenvalue weighted by atomic mass is 15.1. The van der Waals surface area contributed by atoms with Crippen LogP contribution in [0.15, 0.2) is 48.8 Å². The van der Waals surface area contributed by atoms with Crippen LogP contribution in [0.1, 0.15) is 5.56 Å². The molecular formula is C13H14N2. The summed E-state index contributed by atoms with van der Waals surface area (Å²) in [5.74, 6) is 0. The minimum absolute atomic E-state index is 1.18. The molecule has 0 amide bonds. The minimum atomic E-state index is 1.18. The molecule has 1 aromatic carbocycles. The monoisotopic (exact) mass is 198 g/mol. The molecule has 0 aliphatic heterocycles. The SMILES string of the molecule is Cc1cnccc1N(C)c1ccccc1. The molecule has 0 saturated heterocycles. The highest BCUT2D eigenvalue weighted by molar-refractivity contribution is 5.64. The maximum absolute atomic E-state index is 4.09. The van der Waals surface area contributed by atoms with E-state index in [1.165, 1.54) is 16.9 Å². The van der Waals surface area contributed by atoms with Gasteiger partial charge in [0, 0.05) is 30.8 Å². The summed E-state index contributed by atoms with van der Waals surface area (Å²) in [6, 6.07) is 12.3. The van der Waals surface area contributed by atoms with E-state index in [0.717, 1.165) is 0 Å². The molecule has 1 aromatic heterocycles. The summed E-state index contributed by atoms with van der Waals surface area (Å²) in [6.45, 7) is 2.07. The molecule has 2 heteroatoms. The van der Waals surface area contributed by atoms with Gasteiger partial charge in [-0.15, -0.1) is 0 Å². The Bertz CT molecular complexity index is 437. The van der Waals surface area contributed by atoms with Gasteiger partial charge >= 0.3 is 0 Å². The third-order valence-electron chi connectivity index (χ3n) is 2.50. The highest BCUT2D eigenvalue weighted by Gasteiger charge is 2.05. The molecule has 1 heterocycles. The lowest BCUT2D eigenvalue weighted by atomic mass is 10.2. The van der Waals surface area contributed by atoms with Crippen molar-refractivity contribution >= 4 is 11.4 Å². The molecule has 0 fully saturated rings. The summed E-state index contributed by atoms with van der Waals surface area (Å²) in [6.07, 6.45) is 3.70.